The molecule has 2 rings (SSSR count). The van der Waals surface area contributed by atoms with Crippen molar-refractivity contribution in [3.63, 3.8) is 0 Å². The SMILES string of the molecule is Cc1cc(F)ccc1CNC(C)c1ccccc1C. The minimum Gasteiger partial charge on any atom is -0.306 e. The van der Waals surface area contributed by atoms with Crippen LogP contribution in [0.25, 0.3) is 0 Å². The van der Waals surface area contributed by atoms with Crippen molar-refractivity contribution in [3.05, 3.63) is 70.5 Å². The summed E-state index contributed by atoms with van der Waals surface area (Å²) in [6.45, 7) is 6.97. The van der Waals surface area contributed by atoms with Gasteiger partial charge in [-0.15, -0.1) is 0 Å². The van der Waals surface area contributed by atoms with Gasteiger partial charge in [-0.2, -0.15) is 0 Å². The minimum atomic E-state index is -0.173. The number of hydrogen-bond donors (Lipinski definition) is 1. The van der Waals surface area contributed by atoms with E-state index in [-0.39, 0.29) is 11.9 Å². The third-order valence-electron chi connectivity index (χ3n) is 3.56. The number of nitrogens with one attached hydrogen (secondary N) is 1. The molecule has 1 nitrogen and oxygen atoms in total. The lowest BCUT2D eigenvalue weighted by Gasteiger charge is -2.17. The lowest BCUT2D eigenvalue weighted by molar-refractivity contribution is 0.569. The summed E-state index contributed by atoms with van der Waals surface area (Å²) in [6, 6.07) is 13.6. The van der Waals surface area contributed by atoms with Gasteiger partial charge in [0.25, 0.3) is 0 Å². The first-order chi connectivity index (χ1) is 9.08. The maximum Gasteiger partial charge on any atom is 0.123 e. The van der Waals surface area contributed by atoms with Crippen LogP contribution in [0.4, 0.5) is 4.39 Å². The standard InChI is InChI=1S/C17H20FN/c1-12-6-4-5-7-17(12)14(3)19-11-15-8-9-16(18)10-13(15)2/h4-10,14,19H,11H2,1-3H3. The van der Waals surface area contributed by atoms with Gasteiger partial charge in [-0.05, 0) is 55.2 Å². The Bertz CT molecular complexity index is 563. The second-order valence-electron chi connectivity index (χ2n) is 5.03. The highest BCUT2D eigenvalue weighted by Gasteiger charge is 2.08. The molecule has 100 valence electrons. The van der Waals surface area contributed by atoms with E-state index in [1.165, 1.54) is 17.2 Å². The van der Waals surface area contributed by atoms with Crippen molar-refractivity contribution in [1.82, 2.24) is 5.32 Å². The van der Waals surface area contributed by atoms with Crippen molar-refractivity contribution in [3.8, 4) is 0 Å². The van der Waals surface area contributed by atoms with E-state index in [4.69, 9.17) is 0 Å². The van der Waals surface area contributed by atoms with Gasteiger partial charge in [0.1, 0.15) is 5.82 Å². The van der Waals surface area contributed by atoms with Crippen molar-refractivity contribution in [2.45, 2.75) is 33.4 Å². The van der Waals surface area contributed by atoms with E-state index in [0.29, 0.717) is 0 Å². The van der Waals surface area contributed by atoms with Crippen molar-refractivity contribution < 1.29 is 4.39 Å². The molecule has 0 aliphatic heterocycles. The highest BCUT2D eigenvalue weighted by molar-refractivity contribution is 5.29. The lowest BCUT2D eigenvalue weighted by atomic mass is 10.0. The molecule has 0 amide bonds. The van der Waals surface area contributed by atoms with E-state index in [0.717, 1.165) is 17.7 Å². The molecular weight excluding hydrogens is 237 g/mol. The predicted molar refractivity (Wildman–Crippen MR) is 77.6 cm³/mol. The first-order valence-electron chi connectivity index (χ1n) is 6.62. The monoisotopic (exact) mass is 257 g/mol. The second kappa shape index (κ2) is 5.98. The zero-order valence-electron chi connectivity index (χ0n) is 11.7. The van der Waals surface area contributed by atoms with Crippen molar-refractivity contribution in [1.29, 1.82) is 0 Å². The summed E-state index contributed by atoms with van der Waals surface area (Å²) in [6.07, 6.45) is 0. The zero-order chi connectivity index (χ0) is 13.8. The Balaban J connectivity index is 2.04. The number of benzene rings is 2. The molecule has 2 heteroatoms. The Morgan fingerprint density at radius 2 is 1.79 bits per heavy atom. The van der Waals surface area contributed by atoms with Gasteiger partial charge in [-0.25, -0.2) is 4.39 Å². The maximum absolute atomic E-state index is 13.0. The Kier molecular flexibility index (Phi) is 4.33. The van der Waals surface area contributed by atoms with E-state index in [1.807, 2.05) is 13.0 Å². The van der Waals surface area contributed by atoms with Gasteiger partial charge < -0.3 is 5.32 Å². The number of hydrogen-bond acceptors (Lipinski definition) is 1. The van der Waals surface area contributed by atoms with Gasteiger partial charge in [0.05, 0.1) is 0 Å². The largest absolute Gasteiger partial charge is 0.306 e. The van der Waals surface area contributed by atoms with Gasteiger partial charge in [-0.1, -0.05) is 30.3 Å². The van der Waals surface area contributed by atoms with E-state index >= 15 is 0 Å². The third-order valence-corrected chi connectivity index (χ3v) is 3.56. The van der Waals surface area contributed by atoms with E-state index in [1.54, 1.807) is 6.07 Å². The molecule has 2 aromatic rings. The summed E-state index contributed by atoms with van der Waals surface area (Å²) in [4.78, 5) is 0. The topological polar surface area (TPSA) is 12.0 Å². The van der Waals surface area contributed by atoms with Gasteiger partial charge in [0.2, 0.25) is 0 Å². The van der Waals surface area contributed by atoms with Gasteiger partial charge >= 0.3 is 0 Å². The molecule has 1 unspecified atom stereocenters. The summed E-state index contributed by atoms with van der Waals surface area (Å²) < 4.78 is 13.0. The molecule has 1 atom stereocenters. The summed E-state index contributed by atoms with van der Waals surface area (Å²) in [7, 11) is 0. The van der Waals surface area contributed by atoms with Crippen molar-refractivity contribution in [2.24, 2.45) is 0 Å². The Labute approximate surface area is 114 Å². The van der Waals surface area contributed by atoms with Crippen LogP contribution in [0, 0.1) is 19.7 Å². The highest BCUT2D eigenvalue weighted by atomic mass is 19.1. The maximum atomic E-state index is 13.0. The van der Waals surface area contributed by atoms with Crippen LogP contribution >= 0.6 is 0 Å². The van der Waals surface area contributed by atoms with Crippen LogP contribution in [0.3, 0.4) is 0 Å². The molecule has 19 heavy (non-hydrogen) atoms. The Morgan fingerprint density at radius 3 is 2.47 bits per heavy atom. The van der Waals surface area contributed by atoms with Gasteiger partial charge in [0.15, 0.2) is 0 Å². The normalized spacial score (nSPS) is 12.4. The smallest absolute Gasteiger partial charge is 0.123 e. The molecule has 0 fully saturated rings. The fraction of sp³-hybridized carbons (Fsp3) is 0.294. The highest BCUT2D eigenvalue weighted by Crippen LogP contribution is 2.18. The molecule has 0 spiro atoms. The number of aryl methyl sites for hydroxylation is 2. The average molecular weight is 257 g/mol. The van der Waals surface area contributed by atoms with Crippen molar-refractivity contribution in [2.75, 3.05) is 0 Å². The molecule has 0 aliphatic rings. The summed E-state index contributed by atoms with van der Waals surface area (Å²) >= 11 is 0. The molecule has 0 heterocycles. The summed E-state index contributed by atoms with van der Waals surface area (Å²) in [5, 5.41) is 3.49. The van der Waals surface area contributed by atoms with Crippen LogP contribution in [0.5, 0.6) is 0 Å². The van der Waals surface area contributed by atoms with Crippen molar-refractivity contribution >= 4 is 0 Å². The molecule has 1 N–H and O–H groups in total. The molecule has 0 bridgehead atoms. The third kappa shape index (κ3) is 3.42. The van der Waals surface area contributed by atoms with E-state index < -0.39 is 0 Å². The van der Waals surface area contributed by atoms with E-state index in [2.05, 4.69) is 43.4 Å². The quantitative estimate of drug-likeness (QED) is 0.861. The molecule has 0 aliphatic carbocycles. The zero-order valence-corrected chi connectivity index (χ0v) is 11.7. The second-order valence-corrected chi connectivity index (χ2v) is 5.03. The van der Waals surface area contributed by atoms with Crippen LogP contribution in [0.1, 0.15) is 35.2 Å². The average Bonchev–Trinajstić information content (AvgIpc) is 2.38. The fourth-order valence-corrected chi connectivity index (χ4v) is 2.30. The van der Waals surface area contributed by atoms with Gasteiger partial charge in [-0.3, -0.25) is 0 Å². The first kappa shape index (κ1) is 13.8. The molecule has 0 radical (unpaired) electrons. The van der Waals surface area contributed by atoms with Gasteiger partial charge in [0, 0.05) is 12.6 Å². The first-order valence-corrected chi connectivity index (χ1v) is 6.62. The number of rotatable bonds is 4. The fourth-order valence-electron chi connectivity index (χ4n) is 2.30. The molecular formula is C17H20FN. The van der Waals surface area contributed by atoms with Crippen LogP contribution in [-0.2, 0) is 6.54 Å². The molecule has 0 aromatic heterocycles. The van der Waals surface area contributed by atoms with Crippen LogP contribution < -0.4 is 5.32 Å². The summed E-state index contributed by atoms with van der Waals surface area (Å²) in [5.74, 6) is -0.173. The van der Waals surface area contributed by atoms with Crippen LogP contribution in [-0.4, -0.2) is 0 Å². The molecule has 0 saturated carbocycles. The predicted octanol–water partition coefficient (Wildman–Crippen LogP) is 4.29. The molecule has 0 saturated heterocycles. The minimum absolute atomic E-state index is 0.173. The lowest BCUT2D eigenvalue weighted by Crippen LogP contribution is -2.19. The molecule has 2 aromatic carbocycles. The summed E-state index contributed by atoms with van der Waals surface area (Å²) in [5.41, 5.74) is 4.73. The Hall–Kier alpha value is -1.67. The van der Waals surface area contributed by atoms with E-state index in [9.17, 15) is 4.39 Å². The van der Waals surface area contributed by atoms with Crippen LogP contribution in [0.2, 0.25) is 0 Å². The van der Waals surface area contributed by atoms with Crippen LogP contribution in [0.15, 0.2) is 42.5 Å². The number of halogens is 1. The Morgan fingerprint density at radius 1 is 1.05 bits per heavy atom.